The van der Waals surface area contributed by atoms with Gasteiger partial charge >= 0.3 is 0 Å². The van der Waals surface area contributed by atoms with E-state index in [2.05, 4.69) is 102 Å². The lowest BCUT2D eigenvalue weighted by atomic mass is 9.85. The second-order valence-corrected chi connectivity index (χ2v) is 11.8. The standard InChI is InChI=1S/C27H34S2/c1-18(2)15-25(24-9-8-14-28-24)29-23-16-19(3)26(20(4)17-23)21-10-12-22(13-11-21)27(5,6)7/h8-14,16-18,25H,15H2,1-7H3. The molecule has 0 bridgehead atoms. The van der Waals surface area contributed by atoms with Gasteiger partial charge in [0.05, 0.1) is 0 Å². The van der Waals surface area contributed by atoms with Gasteiger partial charge in [0, 0.05) is 15.0 Å². The minimum Gasteiger partial charge on any atom is -0.148 e. The Morgan fingerprint density at radius 1 is 0.931 bits per heavy atom. The van der Waals surface area contributed by atoms with Crippen molar-refractivity contribution < 1.29 is 0 Å². The molecule has 3 aromatic rings. The molecule has 1 heterocycles. The molecule has 154 valence electrons. The first-order chi connectivity index (χ1) is 13.6. The summed E-state index contributed by atoms with van der Waals surface area (Å²) in [5.41, 5.74) is 7.01. The van der Waals surface area contributed by atoms with Crippen molar-refractivity contribution in [3.8, 4) is 11.1 Å². The fraction of sp³-hybridized carbons (Fsp3) is 0.407. The average Bonchev–Trinajstić information content (AvgIpc) is 3.14. The first-order valence-corrected chi connectivity index (χ1v) is 12.3. The van der Waals surface area contributed by atoms with Crippen LogP contribution in [0.2, 0.25) is 0 Å². The number of benzene rings is 2. The summed E-state index contributed by atoms with van der Waals surface area (Å²) in [4.78, 5) is 2.87. The lowest BCUT2D eigenvalue weighted by molar-refractivity contribution is 0.582. The van der Waals surface area contributed by atoms with Crippen molar-refractivity contribution in [3.63, 3.8) is 0 Å². The quantitative estimate of drug-likeness (QED) is 0.357. The third-order valence-corrected chi connectivity index (χ3v) is 7.74. The molecule has 0 spiro atoms. The number of aryl methyl sites for hydroxylation is 2. The number of thiophene rings is 1. The van der Waals surface area contributed by atoms with Crippen LogP contribution in [0.4, 0.5) is 0 Å². The summed E-state index contributed by atoms with van der Waals surface area (Å²) in [6.07, 6.45) is 1.21. The minimum absolute atomic E-state index is 0.191. The Balaban J connectivity index is 1.89. The van der Waals surface area contributed by atoms with E-state index in [1.807, 2.05) is 23.1 Å². The Morgan fingerprint density at radius 2 is 1.55 bits per heavy atom. The first kappa shape index (κ1) is 22.2. The molecule has 0 fully saturated rings. The van der Waals surface area contributed by atoms with E-state index in [0.29, 0.717) is 11.2 Å². The molecule has 0 amide bonds. The van der Waals surface area contributed by atoms with Gasteiger partial charge in [-0.15, -0.1) is 23.1 Å². The summed E-state index contributed by atoms with van der Waals surface area (Å²) in [5.74, 6) is 0.692. The first-order valence-electron chi connectivity index (χ1n) is 10.6. The monoisotopic (exact) mass is 422 g/mol. The van der Waals surface area contributed by atoms with Crippen LogP contribution in [0.25, 0.3) is 11.1 Å². The SMILES string of the molecule is Cc1cc(SC(CC(C)C)c2cccs2)cc(C)c1-c1ccc(C(C)(C)C)cc1. The maximum Gasteiger partial charge on any atom is 0.0440 e. The van der Waals surface area contributed by atoms with Crippen molar-refractivity contribution in [2.75, 3.05) is 0 Å². The molecule has 2 aromatic carbocycles. The second-order valence-electron chi connectivity index (χ2n) is 9.51. The number of hydrogen-bond donors (Lipinski definition) is 0. The van der Waals surface area contributed by atoms with E-state index in [-0.39, 0.29) is 5.41 Å². The van der Waals surface area contributed by atoms with E-state index in [1.54, 1.807) is 0 Å². The highest BCUT2D eigenvalue weighted by molar-refractivity contribution is 7.99. The number of rotatable bonds is 6. The van der Waals surface area contributed by atoms with E-state index < -0.39 is 0 Å². The van der Waals surface area contributed by atoms with Gasteiger partial charge in [0.25, 0.3) is 0 Å². The largest absolute Gasteiger partial charge is 0.148 e. The Morgan fingerprint density at radius 3 is 2.03 bits per heavy atom. The molecule has 2 heteroatoms. The highest BCUT2D eigenvalue weighted by Crippen LogP contribution is 2.43. The molecule has 0 saturated carbocycles. The van der Waals surface area contributed by atoms with Gasteiger partial charge in [-0.3, -0.25) is 0 Å². The van der Waals surface area contributed by atoms with Crippen LogP contribution in [0, 0.1) is 19.8 Å². The average molecular weight is 423 g/mol. The Hall–Kier alpha value is -1.51. The Bertz CT molecular complexity index is 903. The maximum atomic E-state index is 2.38. The van der Waals surface area contributed by atoms with E-state index >= 15 is 0 Å². The maximum absolute atomic E-state index is 2.38. The molecular weight excluding hydrogens is 388 g/mol. The zero-order valence-corrected chi connectivity index (χ0v) is 20.5. The fourth-order valence-electron chi connectivity index (χ4n) is 3.87. The minimum atomic E-state index is 0.191. The van der Waals surface area contributed by atoms with Crippen molar-refractivity contribution in [2.45, 2.75) is 70.4 Å². The van der Waals surface area contributed by atoms with Gasteiger partial charge in [-0.25, -0.2) is 0 Å². The molecule has 1 aromatic heterocycles. The topological polar surface area (TPSA) is 0 Å². The molecule has 0 radical (unpaired) electrons. The van der Waals surface area contributed by atoms with E-state index in [4.69, 9.17) is 0 Å². The van der Waals surface area contributed by atoms with Crippen LogP contribution in [0.15, 0.2) is 58.8 Å². The van der Waals surface area contributed by atoms with E-state index in [9.17, 15) is 0 Å². The second kappa shape index (κ2) is 9.10. The molecule has 0 aliphatic carbocycles. The van der Waals surface area contributed by atoms with Gasteiger partial charge in [-0.05, 0) is 83.0 Å². The molecule has 1 atom stereocenters. The summed E-state index contributed by atoms with van der Waals surface area (Å²) in [5, 5.41) is 2.73. The third kappa shape index (κ3) is 5.55. The van der Waals surface area contributed by atoms with Gasteiger partial charge in [0.1, 0.15) is 0 Å². The van der Waals surface area contributed by atoms with Crippen molar-refractivity contribution in [3.05, 3.63) is 75.5 Å². The summed E-state index contributed by atoms with van der Waals surface area (Å²) >= 11 is 3.91. The zero-order valence-electron chi connectivity index (χ0n) is 18.9. The van der Waals surface area contributed by atoms with Gasteiger partial charge in [0.15, 0.2) is 0 Å². The van der Waals surface area contributed by atoms with Crippen molar-refractivity contribution >= 4 is 23.1 Å². The molecule has 1 unspecified atom stereocenters. The van der Waals surface area contributed by atoms with Crippen LogP contribution in [0.1, 0.15) is 67.9 Å². The Kier molecular flexibility index (Phi) is 6.96. The van der Waals surface area contributed by atoms with Crippen LogP contribution >= 0.6 is 23.1 Å². The van der Waals surface area contributed by atoms with Crippen molar-refractivity contribution in [1.82, 2.24) is 0 Å². The summed E-state index contributed by atoms with van der Waals surface area (Å²) in [6, 6.07) is 18.4. The molecular formula is C27H34S2. The van der Waals surface area contributed by atoms with Crippen LogP contribution < -0.4 is 0 Å². The summed E-state index contributed by atoms with van der Waals surface area (Å²) < 4.78 is 0. The van der Waals surface area contributed by atoms with Crippen LogP contribution in [-0.2, 0) is 5.41 Å². The molecule has 29 heavy (non-hydrogen) atoms. The van der Waals surface area contributed by atoms with Gasteiger partial charge in [-0.2, -0.15) is 0 Å². The lowest BCUT2D eigenvalue weighted by Crippen LogP contribution is -2.10. The lowest BCUT2D eigenvalue weighted by Gasteiger charge is -2.21. The fourth-order valence-corrected chi connectivity index (χ4v) is 6.40. The van der Waals surface area contributed by atoms with Crippen molar-refractivity contribution in [2.24, 2.45) is 5.92 Å². The van der Waals surface area contributed by atoms with E-state index in [1.165, 1.54) is 44.0 Å². The van der Waals surface area contributed by atoms with Gasteiger partial charge < -0.3 is 0 Å². The molecule has 0 aliphatic heterocycles. The smallest absolute Gasteiger partial charge is 0.0440 e. The van der Waals surface area contributed by atoms with Gasteiger partial charge in [-0.1, -0.05) is 65.0 Å². The zero-order chi connectivity index (χ0) is 21.2. The summed E-state index contributed by atoms with van der Waals surface area (Å²) in [6.45, 7) is 16.0. The predicted octanol–water partition coefficient (Wildman–Crippen LogP) is 9.21. The van der Waals surface area contributed by atoms with Crippen LogP contribution in [0.5, 0.6) is 0 Å². The van der Waals surface area contributed by atoms with Gasteiger partial charge in [0.2, 0.25) is 0 Å². The molecule has 0 aliphatic rings. The van der Waals surface area contributed by atoms with Crippen molar-refractivity contribution in [1.29, 1.82) is 0 Å². The molecule has 0 N–H and O–H groups in total. The number of thioether (sulfide) groups is 1. The van der Waals surface area contributed by atoms with E-state index in [0.717, 1.165) is 0 Å². The summed E-state index contributed by atoms with van der Waals surface area (Å²) in [7, 11) is 0. The normalized spacial score (nSPS) is 13.1. The Labute approximate surface area is 185 Å². The predicted molar refractivity (Wildman–Crippen MR) is 132 cm³/mol. The molecule has 3 rings (SSSR count). The van der Waals surface area contributed by atoms with Crippen LogP contribution in [0.3, 0.4) is 0 Å². The molecule has 0 nitrogen and oxygen atoms in total. The highest BCUT2D eigenvalue weighted by Gasteiger charge is 2.18. The molecule has 0 saturated heterocycles. The highest BCUT2D eigenvalue weighted by atomic mass is 32.2. The van der Waals surface area contributed by atoms with Crippen LogP contribution in [-0.4, -0.2) is 0 Å². The third-order valence-electron chi connectivity index (χ3n) is 5.37. The number of hydrogen-bond acceptors (Lipinski definition) is 2.